The average molecular weight is 465 g/mol. The fourth-order valence-corrected chi connectivity index (χ4v) is 3.19. The summed E-state index contributed by atoms with van der Waals surface area (Å²) in [5.74, 6) is -1.04. The van der Waals surface area contributed by atoms with E-state index in [1.54, 1.807) is 12.1 Å². The number of nitrogens with zero attached hydrogens (tertiary/aromatic N) is 8. The van der Waals surface area contributed by atoms with Gasteiger partial charge in [0.1, 0.15) is 11.6 Å². The maximum absolute atomic E-state index is 13.7. The highest BCUT2D eigenvalue weighted by Crippen LogP contribution is 2.32. The number of halogens is 3. The number of hydrogen-bond acceptors (Lipinski definition) is 8. The number of carbonyl (C=O) groups is 1. The first-order valence-electron chi connectivity index (χ1n) is 9.43. The van der Waals surface area contributed by atoms with Crippen molar-refractivity contribution in [2.45, 2.75) is 6.18 Å². The second-order valence-corrected chi connectivity index (χ2v) is 6.79. The quantitative estimate of drug-likeness (QED) is 0.427. The zero-order valence-corrected chi connectivity index (χ0v) is 16.7. The Kier molecular flexibility index (Phi) is 4.79. The van der Waals surface area contributed by atoms with Crippen molar-refractivity contribution < 1.29 is 22.4 Å². The molecule has 5 heterocycles. The summed E-state index contributed by atoms with van der Waals surface area (Å²) in [7, 11) is 0. The normalized spacial score (nSPS) is 11.5. The number of aromatic nitrogens is 7. The number of fused-ring (bicyclic) bond motifs is 1. The van der Waals surface area contributed by atoms with E-state index in [9.17, 15) is 23.2 Å². The van der Waals surface area contributed by atoms with Crippen LogP contribution in [0, 0.1) is 11.3 Å². The van der Waals surface area contributed by atoms with Crippen LogP contribution in [0.5, 0.6) is 0 Å². The summed E-state index contributed by atoms with van der Waals surface area (Å²) in [5, 5.41) is 23.6. The van der Waals surface area contributed by atoms with Crippen LogP contribution in [0.1, 0.15) is 21.6 Å². The summed E-state index contributed by atoms with van der Waals surface area (Å²) in [6.07, 6.45) is 2.65. The van der Waals surface area contributed by atoms with Gasteiger partial charge in [0.25, 0.3) is 5.91 Å². The van der Waals surface area contributed by atoms with Crippen molar-refractivity contribution in [1.82, 2.24) is 34.7 Å². The molecule has 1 amide bonds. The lowest BCUT2D eigenvalue weighted by Crippen LogP contribution is -2.18. The fraction of sp³-hybridized carbons (Fsp3) is 0.0500. The van der Waals surface area contributed by atoms with E-state index in [1.807, 2.05) is 6.07 Å². The molecule has 0 aliphatic rings. The summed E-state index contributed by atoms with van der Waals surface area (Å²) in [5.41, 5.74) is -1.98. The van der Waals surface area contributed by atoms with Crippen LogP contribution in [-0.2, 0) is 6.18 Å². The number of nitriles is 1. The molecular formula is C20H10F3N9O2. The van der Waals surface area contributed by atoms with E-state index in [0.29, 0.717) is 5.39 Å². The van der Waals surface area contributed by atoms with Gasteiger partial charge in [-0.05, 0) is 18.2 Å². The zero-order chi connectivity index (χ0) is 23.9. The minimum absolute atomic E-state index is 0.00515. The van der Waals surface area contributed by atoms with Gasteiger partial charge in [-0.1, -0.05) is 0 Å². The molecule has 14 heteroatoms. The standard InChI is InChI=1S/C20H10F3N9O2/c21-20(22,23)16-14(10-31(30-16)18-15-11(1-3-25-18)2-6-34-15)19(33)29-13-7-12(8-24)17(26-9-13)32-27-4-5-28-32/h1-7,9-10H,(H,29,33). The molecule has 5 aromatic rings. The molecule has 5 aromatic heterocycles. The van der Waals surface area contributed by atoms with Crippen molar-refractivity contribution in [2.75, 3.05) is 5.32 Å². The van der Waals surface area contributed by atoms with Crippen molar-refractivity contribution in [1.29, 1.82) is 5.26 Å². The van der Waals surface area contributed by atoms with Crippen LogP contribution < -0.4 is 5.32 Å². The molecule has 1 N–H and O–H groups in total. The third-order valence-electron chi connectivity index (χ3n) is 4.65. The van der Waals surface area contributed by atoms with Gasteiger partial charge in [-0.25, -0.2) is 14.6 Å². The maximum atomic E-state index is 13.7. The van der Waals surface area contributed by atoms with Crippen LogP contribution in [-0.4, -0.2) is 40.6 Å². The first kappa shape index (κ1) is 20.8. The molecule has 0 aromatic carbocycles. The number of amides is 1. The van der Waals surface area contributed by atoms with Crippen molar-refractivity contribution in [2.24, 2.45) is 0 Å². The van der Waals surface area contributed by atoms with E-state index < -0.39 is 23.3 Å². The Balaban J connectivity index is 1.52. The average Bonchev–Trinajstić information content (AvgIpc) is 3.58. The lowest BCUT2D eigenvalue weighted by atomic mass is 10.2. The Bertz CT molecular complexity index is 1560. The smallest absolute Gasteiger partial charge is 0.435 e. The minimum Gasteiger partial charge on any atom is -0.460 e. The third kappa shape index (κ3) is 3.60. The molecule has 0 radical (unpaired) electrons. The van der Waals surface area contributed by atoms with E-state index in [2.05, 4.69) is 30.6 Å². The van der Waals surface area contributed by atoms with Crippen LogP contribution in [0.15, 0.2) is 59.9 Å². The second-order valence-electron chi connectivity index (χ2n) is 6.79. The first-order valence-corrected chi connectivity index (χ1v) is 9.43. The lowest BCUT2D eigenvalue weighted by molar-refractivity contribution is -0.141. The number of nitrogens with one attached hydrogen (secondary N) is 1. The molecule has 168 valence electrons. The number of rotatable bonds is 4. The van der Waals surface area contributed by atoms with E-state index in [0.717, 1.165) is 15.7 Å². The van der Waals surface area contributed by atoms with Crippen LogP contribution >= 0.6 is 0 Å². The molecule has 11 nitrogen and oxygen atoms in total. The van der Waals surface area contributed by atoms with Crippen LogP contribution in [0.25, 0.3) is 22.6 Å². The van der Waals surface area contributed by atoms with Crippen molar-refractivity contribution >= 4 is 22.6 Å². The second kappa shape index (κ2) is 7.81. The van der Waals surface area contributed by atoms with E-state index >= 15 is 0 Å². The van der Waals surface area contributed by atoms with Gasteiger partial charge in [0.15, 0.2) is 22.9 Å². The number of hydrogen-bond donors (Lipinski definition) is 1. The summed E-state index contributed by atoms with van der Waals surface area (Å²) < 4.78 is 47.2. The topological polar surface area (TPSA) is 140 Å². The molecule has 0 aliphatic carbocycles. The van der Waals surface area contributed by atoms with Crippen molar-refractivity contribution in [3.05, 3.63) is 72.3 Å². The van der Waals surface area contributed by atoms with Crippen LogP contribution in [0.4, 0.5) is 18.9 Å². The summed E-state index contributed by atoms with van der Waals surface area (Å²) in [6.45, 7) is 0. The first-order chi connectivity index (χ1) is 16.3. The summed E-state index contributed by atoms with van der Waals surface area (Å²) in [4.78, 5) is 22.0. The lowest BCUT2D eigenvalue weighted by Gasteiger charge is -2.08. The molecule has 0 bridgehead atoms. The highest BCUT2D eigenvalue weighted by Gasteiger charge is 2.39. The van der Waals surface area contributed by atoms with Gasteiger partial charge in [0.05, 0.1) is 36.1 Å². The van der Waals surface area contributed by atoms with Crippen molar-refractivity contribution in [3.63, 3.8) is 0 Å². The Morgan fingerprint density at radius 2 is 1.91 bits per heavy atom. The number of anilines is 1. The number of alkyl halides is 3. The number of pyridine rings is 2. The van der Waals surface area contributed by atoms with Gasteiger partial charge in [0.2, 0.25) is 0 Å². The highest BCUT2D eigenvalue weighted by molar-refractivity contribution is 6.05. The van der Waals surface area contributed by atoms with Crippen LogP contribution in [0.2, 0.25) is 0 Å². The molecule has 0 fully saturated rings. The van der Waals surface area contributed by atoms with Gasteiger partial charge in [0, 0.05) is 17.8 Å². The zero-order valence-electron chi connectivity index (χ0n) is 16.7. The van der Waals surface area contributed by atoms with Crippen molar-refractivity contribution in [3.8, 4) is 17.7 Å². The molecule has 0 atom stereocenters. The Hall–Kier alpha value is -5.06. The molecule has 0 saturated heterocycles. The Labute approximate surface area is 187 Å². The van der Waals surface area contributed by atoms with Gasteiger partial charge in [-0.15, -0.1) is 4.80 Å². The number of furan rings is 1. The summed E-state index contributed by atoms with van der Waals surface area (Å²) in [6, 6.07) is 6.36. The molecular weight excluding hydrogens is 455 g/mol. The van der Waals surface area contributed by atoms with Gasteiger partial charge in [-0.3, -0.25) is 4.79 Å². The SMILES string of the molecule is N#Cc1cc(NC(=O)c2cn(-c3nccc4ccoc34)nc2C(F)(F)F)cnc1-n1nccn1. The predicted molar refractivity (Wildman–Crippen MR) is 108 cm³/mol. The molecule has 0 spiro atoms. The van der Waals surface area contributed by atoms with E-state index in [4.69, 9.17) is 4.42 Å². The highest BCUT2D eigenvalue weighted by atomic mass is 19.4. The predicted octanol–water partition coefficient (Wildman–Crippen LogP) is 3.13. The Morgan fingerprint density at radius 3 is 2.65 bits per heavy atom. The molecule has 0 saturated carbocycles. The molecule has 0 aliphatic heterocycles. The van der Waals surface area contributed by atoms with E-state index in [-0.39, 0.29) is 28.5 Å². The number of carbonyl (C=O) groups excluding carboxylic acids is 1. The molecule has 34 heavy (non-hydrogen) atoms. The summed E-state index contributed by atoms with van der Waals surface area (Å²) >= 11 is 0. The maximum Gasteiger partial charge on any atom is 0.435 e. The van der Waals surface area contributed by atoms with E-state index in [1.165, 1.54) is 37.1 Å². The monoisotopic (exact) mass is 465 g/mol. The fourth-order valence-electron chi connectivity index (χ4n) is 3.19. The van der Waals surface area contributed by atoms with Gasteiger partial charge < -0.3 is 9.73 Å². The van der Waals surface area contributed by atoms with Gasteiger partial charge >= 0.3 is 6.18 Å². The minimum atomic E-state index is -4.93. The molecule has 0 unspecified atom stereocenters. The van der Waals surface area contributed by atoms with Gasteiger partial charge in [-0.2, -0.15) is 33.7 Å². The molecule has 5 rings (SSSR count). The largest absolute Gasteiger partial charge is 0.460 e. The Morgan fingerprint density at radius 1 is 1.12 bits per heavy atom. The van der Waals surface area contributed by atoms with Crippen LogP contribution in [0.3, 0.4) is 0 Å². The third-order valence-corrected chi connectivity index (χ3v) is 4.65.